The van der Waals surface area contributed by atoms with Gasteiger partial charge in [-0.3, -0.25) is 4.79 Å². The molecule has 7 heteroatoms. The highest BCUT2D eigenvalue weighted by Gasteiger charge is 2.21. The Morgan fingerprint density at radius 2 is 1.53 bits per heavy atom. The molecule has 0 saturated heterocycles. The van der Waals surface area contributed by atoms with E-state index in [0.29, 0.717) is 27.6 Å². The van der Waals surface area contributed by atoms with Crippen LogP contribution in [0.25, 0.3) is 10.8 Å². The largest absolute Gasteiger partial charge is 0.496 e. The van der Waals surface area contributed by atoms with Gasteiger partial charge in [-0.05, 0) is 42.5 Å². The van der Waals surface area contributed by atoms with Crippen LogP contribution in [0.4, 0.5) is 11.4 Å². The van der Waals surface area contributed by atoms with Gasteiger partial charge in [0.1, 0.15) is 5.75 Å². The summed E-state index contributed by atoms with van der Waals surface area (Å²) < 4.78 is 11.6. The number of nitrogens with one attached hydrogen (secondary N) is 2. The summed E-state index contributed by atoms with van der Waals surface area (Å²) in [5.74, 6) is 0.457. The number of hydrogen-bond donors (Lipinski definition) is 2. The summed E-state index contributed by atoms with van der Waals surface area (Å²) in [6, 6.07) is 25.5. The van der Waals surface area contributed by atoms with E-state index in [1.807, 2.05) is 54.6 Å². The lowest BCUT2D eigenvalue weighted by Crippen LogP contribution is -2.20. The first-order chi connectivity index (χ1) is 15.6. The third-order valence-electron chi connectivity index (χ3n) is 4.76. The Kier molecular flexibility index (Phi) is 6.54. The van der Waals surface area contributed by atoms with Gasteiger partial charge >= 0.3 is 0 Å². The number of amides is 1. The van der Waals surface area contributed by atoms with Crippen LogP contribution >= 0.6 is 23.8 Å². The number of carbonyl (C=O) groups excluding carboxylic acids is 1. The minimum absolute atomic E-state index is 0.110. The second-order valence-electron chi connectivity index (χ2n) is 6.82. The Labute approximate surface area is 195 Å². The molecule has 5 nitrogen and oxygen atoms in total. The van der Waals surface area contributed by atoms with Crippen LogP contribution in [0.5, 0.6) is 11.5 Å². The fraction of sp³-hybridized carbons (Fsp3) is 0.0400. The van der Waals surface area contributed by atoms with Crippen LogP contribution in [0.1, 0.15) is 10.4 Å². The third-order valence-corrected chi connectivity index (χ3v) is 5.27. The van der Waals surface area contributed by atoms with Crippen molar-refractivity contribution in [1.82, 2.24) is 0 Å². The Bertz CT molecular complexity index is 1300. The van der Waals surface area contributed by atoms with Crippen molar-refractivity contribution >= 4 is 57.0 Å². The second-order valence-corrected chi connectivity index (χ2v) is 7.59. The SMILES string of the molecule is COc1cc(C(=O)Nc2ccccc2Cl)c(OC(=S)Nc2ccccc2)c2ccccc12. The maximum absolute atomic E-state index is 13.3. The lowest BCUT2D eigenvalue weighted by molar-refractivity contribution is 0.102. The highest BCUT2D eigenvalue weighted by atomic mass is 35.5. The predicted molar refractivity (Wildman–Crippen MR) is 133 cm³/mol. The molecule has 0 bridgehead atoms. The molecule has 4 aromatic carbocycles. The molecule has 0 spiro atoms. The first kappa shape index (κ1) is 21.6. The first-order valence-electron chi connectivity index (χ1n) is 9.76. The molecule has 0 fully saturated rings. The van der Waals surface area contributed by atoms with E-state index in [4.69, 9.17) is 33.3 Å². The zero-order valence-corrected chi connectivity index (χ0v) is 18.7. The number of rotatable bonds is 5. The Morgan fingerprint density at radius 3 is 2.25 bits per heavy atom. The van der Waals surface area contributed by atoms with E-state index < -0.39 is 5.91 Å². The van der Waals surface area contributed by atoms with E-state index in [0.717, 1.165) is 11.1 Å². The fourth-order valence-electron chi connectivity index (χ4n) is 3.27. The Hall–Kier alpha value is -3.61. The summed E-state index contributed by atoms with van der Waals surface area (Å²) in [6.45, 7) is 0. The number of halogens is 1. The second kappa shape index (κ2) is 9.68. The highest BCUT2D eigenvalue weighted by Crippen LogP contribution is 2.37. The predicted octanol–water partition coefficient (Wildman–Crippen LogP) is 6.53. The number of methoxy groups -OCH3 is 1. The van der Waals surface area contributed by atoms with Gasteiger partial charge in [0.15, 0.2) is 5.75 Å². The molecular weight excluding hydrogens is 444 g/mol. The lowest BCUT2D eigenvalue weighted by Gasteiger charge is -2.17. The van der Waals surface area contributed by atoms with Gasteiger partial charge in [0.25, 0.3) is 11.1 Å². The molecule has 0 aliphatic rings. The molecule has 0 radical (unpaired) electrons. The highest BCUT2D eigenvalue weighted by molar-refractivity contribution is 7.80. The minimum atomic E-state index is -0.403. The average Bonchev–Trinajstić information content (AvgIpc) is 2.81. The summed E-state index contributed by atoms with van der Waals surface area (Å²) in [6.07, 6.45) is 0. The van der Waals surface area contributed by atoms with Crippen LogP contribution in [0.15, 0.2) is 84.9 Å². The molecule has 0 saturated carbocycles. The first-order valence-corrected chi connectivity index (χ1v) is 10.5. The number of fused-ring (bicyclic) bond motifs is 1. The topological polar surface area (TPSA) is 59.6 Å². The molecule has 0 heterocycles. The molecule has 2 N–H and O–H groups in total. The Balaban J connectivity index is 1.76. The van der Waals surface area contributed by atoms with E-state index in [2.05, 4.69) is 10.6 Å². The maximum atomic E-state index is 13.3. The van der Waals surface area contributed by atoms with E-state index in [1.54, 1.807) is 37.4 Å². The summed E-state index contributed by atoms with van der Waals surface area (Å²) in [4.78, 5) is 13.3. The van der Waals surface area contributed by atoms with Crippen molar-refractivity contribution < 1.29 is 14.3 Å². The number of carbonyl (C=O) groups is 1. The van der Waals surface area contributed by atoms with Crippen molar-refractivity contribution in [1.29, 1.82) is 0 Å². The molecule has 0 aliphatic carbocycles. The van der Waals surface area contributed by atoms with Crippen LogP contribution < -0.4 is 20.1 Å². The molecule has 0 atom stereocenters. The van der Waals surface area contributed by atoms with E-state index in [-0.39, 0.29) is 10.7 Å². The summed E-state index contributed by atoms with van der Waals surface area (Å²) in [7, 11) is 1.56. The van der Waals surface area contributed by atoms with Gasteiger partial charge in [-0.15, -0.1) is 0 Å². The zero-order valence-electron chi connectivity index (χ0n) is 17.1. The van der Waals surface area contributed by atoms with Crippen LogP contribution in [-0.2, 0) is 0 Å². The van der Waals surface area contributed by atoms with Crippen molar-refractivity contribution in [3.8, 4) is 11.5 Å². The van der Waals surface area contributed by atoms with Gasteiger partial charge in [-0.25, -0.2) is 0 Å². The molecule has 160 valence electrons. The quantitative estimate of drug-likeness (QED) is 0.330. The van der Waals surface area contributed by atoms with Gasteiger partial charge in [0, 0.05) is 16.5 Å². The molecule has 1 amide bonds. The maximum Gasteiger partial charge on any atom is 0.266 e. The standard InChI is InChI=1S/C25H19ClN2O3S/c1-30-22-15-19(24(29)28-21-14-8-7-13-20(21)26)23(18-12-6-5-11-17(18)22)31-25(32)27-16-9-3-2-4-10-16/h2-15H,1H3,(H,27,32)(H,28,29). The van der Waals surface area contributed by atoms with Crippen LogP contribution in [0, 0.1) is 0 Å². The van der Waals surface area contributed by atoms with Crippen molar-refractivity contribution in [3.05, 3.63) is 95.5 Å². The molecule has 0 aliphatic heterocycles. The molecule has 4 rings (SSSR count). The number of para-hydroxylation sites is 2. The van der Waals surface area contributed by atoms with Gasteiger partial charge in [0.2, 0.25) is 0 Å². The fourth-order valence-corrected chi connectivity index (χ4v) is 3.66. The van der Waals surface area contributed by atoms with Crippen LogP contribution in [-0.4, -0.2) is 18.2 Å². The third kappa shape index (κ3) is 4.66. The summed E-state index contributed by atoms with van der Waals surface area (Å²) in [5.41, 5.74) is 1.53. The zero-order chi connectivity index (χ0) is 22.5. The Morgan fingerprint density at radius 1 is 0.875 bits per heavy atom. The molecule has 0 aromatic heterocycles. The van der Waals surface area contributed by atoms with Gasteiger partial charge in [0.05, 0.1) is 23.4 Å². The van der Waals surface area contributed by atoms with Gasteiger partial charge < -0.3 is 20.1 Å². The number of thiocarbonyl (C=S) groups is 1. The van der Waals surface area contributed by atoms with Crippen molar-refractivity contribution in [2.24, 2.45) is 0 Å². The van der Waals surface area contributed by atoms with E-state index in [1.165, 1.54) is 0 Å². The number of ether oxygens (including phenoxy) is 2. The number of hydrogen-bond acceptors (Lipinski definition) is 4. The summed E-state index contributed by atoms with van der Waals surface area (Å²) in [5, 5.41) is 7.89. The molecule has 0 unspecified atom stereocenters. The monoisotopic (exact) mass is 462 g/mol. The van der Waals surface area contributed by atoms with Gasteiger partial charge in [-0.2, -0.15) is 0 Å². The van der Waals surface area contributed by atoms with Crippen LogP contribution in [0.2, 0.25) is 5.02 Å². The lowest BCUT2D eigenvalue weighted by atomic mass is 10.0. The van der Waals surface area contributed by atoms with Gasteiger partial charge in [-0.1, -0.05) is 66.2 Å². The van der Waals surface area contributed by atoms with E-state index in [9.17, 15) is 4.79 Å². The van der Waals surface area contributed by atoms with Crippen molar-refractivity contribution in [2.45, 2.75) is 0 Å². The smallest absolute Gasteiger partial charge is 0.266 e. The summed E-state index contributed by atoms with van der Waals surface area (Å²) >= 11 is 11.6. The molecular formula is C25H19ClN2O3S. The number of anilines is 2. The molecule has 4 aromatic rings. The number of benzene rings is 4. The van der Waals surface area contributed by atoms with E-state index >= 15 is 0 Å². The average molecular weight is 463 g/mol. The normalized spacial score (nSPS) is 10.4. The van der Waals surface area contributed by atoms with Crippen molar-refractivity contribution in [3.63, 3.8) is 0 Å². The van der Waals surface area contributed by atoms with Crippen molar-refractivity contribution in [2.75, 3.05) is 17.7 Å². The minimum Gasteiger partial charge on any atom is -0.496 e. The molecule has 32 heavy (non-hydrogen) atoms. The van der Waals surface area contributed by atoms with Crippen LogP contribution in [0.3, 0.4) is 0 Å².